The second-order valence-electron chi connectivity index (χ2n) is 2.52. The summed E-state index contributed by atoms with van der Waals surface area (Å²) in [6.07, 6.45) is -1.25. The van der Waals surface area contributed by atoms with E-state index in [1.807, 2.05) is 0 Å². The van der Waals surface area contributed by atoms with Gasteiger partial charge in [0.25, 0.3) is 5.92 Å². The largest absolute Gasteiger partial charge is 0.368 e. The normalized spacial score (nSPS) is 38.4. The summed E-state index contributed by atoms with van der Waals surface area (Å²) in [6.45, 7) is 1.42. The summed E-state index contributed by atoms with van der Waals surface area (Å²) in [5, 5.41) is 0. The van der Waals surface area contributed by atoms with Crippen molar-refractivity contribution in [1.29, 1.82) is 0 Å². The van der Waals surface area contributed by atoms with Gasteiger partial charge in [-0.15, -0.1) is 0 Å². The molecule has 0 saturated carbocycles. The summed E-state index contributed by atoms with van der Waals surface area (Å²) in [5.74, 6) is -2.60. The number of rotatable bonds is 1. The summed E-state index contributed by atoms with van der Waals surface area (Å²) in [6, 6.07) is 0. The van der Waals surface area contributed by atoms with Crippen LogP contribution in [-0.2, 0) is 4.74 Å². The highest BCUT2D eigenvalue weighted by Crippen LogP contribution is 2.35. The first-order valence-electron chi connectivity index (χ1n) is 3.15. The summed E-state index contributed by atoms with van der Waals surface area (Å²) >= 11 is 2.06. The van der Waals surface area contributed by atoms with Gasteiger partial charge in [0.05, 0.1) is 6.10 Å². The monoisotopic (exact) mass is 262 g/mol. The third-order valence-corrected chi connectivity index (χ3v) is 2.65. The first-order chi connectivity index (χ1) is 4.56. The Morgan fingerprint density at radius 1 is 1.70 bits per heavy atom. The number of halogens is 3. The molecule has 0 aliphatic carbocycles. The van der Waals surface area contributed by atoms with Gasteiger partial charge in [-0.1, -0.05) is 22.6 Å². The lowest BCUT2D eigenvalue weighted by molar-refractivity contribution is -0.0627. The molecule has 10 heavy (non-hydrogen) atoms. The Labute approximate surface area is 72.3 Å². The molecule has 0 radical (unpaired) electrons. The van der Waals surface area contributed by atoms with Gasteiger partial charge in [-0.2, -0.15) is 0 Å². The van der Waals surface area contributed by atoms with Crippen LogP contribution in [0.3, 0.4) is 0 Å². The molecule has 4 heteroatoms. The van der Waals surface area contributed by atoms with E-state index in [1.165, 1.54) is 6.92 Å². The van der Waals surface area contributed by atoms with Crippen LogP contribution in [0, 0.1) is 0 Å². The summed E-state index contributed by atoms with van der Waals surface area (Å²) in [7, 11) is 0. The first-order valence-corrected chi connectivity index (χ1v) is 4.68. The predicted octanol–water partition coefficient (Wildman–Crippen LogP) is 2.23. The Morgan fingerprint density at radius 2 is 2.30 bits per heavy atom. The Kier molecular flexibility index (Phi) is 2.50. The third-order valence-electron chi connectivity index (χ3n) is 1.66. The first kappa shape index (κ1) is 8.64. The highest BCUT2D eigenvalue weighted by molar-refractivity contribution is 14.1. The SMILES string of the molecule is C[C@@H]1O[C@H](CI)CC1(F)F. The second-order valence-corrected chi connectivity index (χ2v) is 3.40. The number of alkyl halides is 3. The van der Waals surface area contributed by atoms with E-state index in [0.29, 0.717) is 4.43 Å². The van der Waals surface area contributed by atoms with E-state index in [9.17, 15) is 8.78 Å². The van der Waals surface area contributed by atoms with E-state index in [1.54, 1.807) is 0 Å². The van der Waals surface area contributed by atoms with Crippen LogP contribution in [0.1, 0.15) is 13.3 Å². The van der Waals surface area contributed by atoms with Crippen LogP contribution >= 0.6 is 22.6 Å². The smallest absolute Gasteiger partial charge is 0.275 e. The standard InChI is InChI=1S/C6H9F2IO/c1-4-6(7,8)2-5(3-9)10-4/h4-5H,2-3H2,1H3/t4-,5-/m0/s1. The van der Waals surface area contributed by atoms with Gasteiger partial charge in [-0.3, -0.25) is 0 Å². The molecule has 0 N–H and O–H groups in total. The molecule has 1 heterocycles. The van der Waals surface area contributed by atoms with Crippen molar-refractivity contribution in [3.63, 3.8) is 0 Å². The predicted molar refractivity (Wildman–Crippen MR) is 42.8 cm³/mol. The topological polar surface area (TPSA) is 9.23 Å². The lowest BCUT2D eigenvalue weighted by Crippen LogP contribution is -2.24. The minimum Gasteiger partial charge on any atom is -0.368 e. The quantitative estimate of drug-likeness (QED) is 0.520. The zero-order chi connectivity index (χ0) is 7.78. The molecule has 0 spiro atoms. The van der Waals surface area contributed by atoms with E-state index < -0.39 is 12.0 Å². The molecule has 0 aromatic heterocycles. The molecule has 1 aliphatic heterocycles. The van der Waals surface area contributed by atoms with Gasteiger partial charge in [-0.25, -0.2) is 8.78 Å². The van der Waals surface area contributed by atoms with Crippen molar-refractivity contribution in [1.82, 2.24) is 0 Å². The van der Waals surface area contributed by atoms with Gasteiger partial charge >= 0.3 is 0 Å². The van der Waals surface area contributed by atoms with E-state index in [4.69, 9.17) is 4.74 Å². The fourth-order valence-corrected chi connectivity index (χ4v) is 1.52. The van der Waals surface area contributed by atoms with Crippen molar-refractivity contribution in [3.8, 4) is 0 Å². The number of hydrogen-bond acceptors (Lipinski definition) is 1. The second kappa shape index (κ2) is 2.89. The molecule has 0 unspecified atom stereocenters. The van der Waals surface area contributed by atoms with Crippen molar-refractivity contribution < 1.29 is 13.5 Å². The summed E-state index contributed by atoms with van der Waals surface area (Å²) in [5.41, 5.74) is 0. The Balaban J connectivity index is 2.53. The Bertz CT molecular complexity index is 129. The van der Waals surface area contributed by atoms with E-state index in [0.717, 1.165) is 0 Å². The molecule has 1 fully saturated rings. The number of ether oxygens (including phenoxy) is 1. The molecule has 0 aromatic rings. The number of hydrogen-bond donors (Lipinski definition) is 0. The molecule has 60 valence electrons. The molecule has 1 rings (SSSR count). The van der Waals surface area contributed by atoms with Gasteiger partial charge in [0.1, 0.15) is 6.10 Å². The molecular formula is C6H9F2IO. The lowest BCUT2D eigenvalue weighted by Gasteiger charge is -2.10. The minimum atomic E-state index is -2.60. The van der Waals surface area contributed by atoms with Crippen molar-refractivity contribution in [2.24, 2.45) is 0 Å². The fourth-order valence-electron chi connectivity index (χ4n) is 0.997. The average Bonchev–Trinajstić information content (AvgIpc) is 2.08. The van der Waals surface area contributed by atoms with Crippen molar-refractivity contribution in [2.75, 3.05) is 4.43 Å². The van der Waals surface area contributed by atoms with Crippen molar-refractivity contribution in [3.05, 3.63) is 0 Å². The Hall–Kier alpha value is 0.550. The van der Waals surface area contributed by atoms with Gasteiger partial charge in [0.15, 0.2) is 0 Å². The zero-order valence-corrected chi connectivity index (χ0v) is 7.77. The molecular weight excluding hydrogens is 253 g/mol. The van der Waals surface area contributed by atoms with Gasteiger partial charge in [0, 0.05) is 10.8 Å². The van der Waals surface area contributed by atoms with Crippen LogP contribution in [0.15, 0.2) is 0 Å². The summed E-state index contributed by atoms with van der Waals surface area (Å²) in [4.78, 5) is 0. The van der Waals surface area contributed by atoms with E-state index in [-0.39, 0.29) is 12.5 Å². The van der Waals surface area contributed by atoms with Crippen molar-refractivity contribution >= 4 is 22.6 Å². The third kappa shape index (κ3) is 1.58. The van der Waals surface area contributed by atoms with Crippen molar-refractivity contribution in [2.45, 2.75) is 31.5 Å². The molecule has 1 nitrogen and oxygen atoms in total. The maximum Gasteiger partial charge on any atom is 0.275 e. The maximum atomic E-state index is 12.6. The molecule has 1 saturated heterocycles. The van der Waals surface area contributed by atoms with E-state index in [2.05, 4.69) is 22.6 Å². The summed E-state index contributed by atoms with van der Waals surface area (Å²) < 4.78 is 30.9. The highest BCUT2D eigenvalue weighted by atomic mass is 127. The average molecular weight is 262 g/mol. The fraction of sp³-hybridized carbons (Fsp3) is 1.00. The van der Waals surface area contributed by atoms with Crippen LogP contribution in [0.5, 0.6) is 0 Å². The van der Waals surface area contributed by atoms with Gasteiger partial charge in [0.2, 0.25) is 0 Å². The maximum absolute atomic E-state index is 12.6. The zero-order valence-electron chi connectivity index (χ0n) is 5.61. The molecule has 2 atom stereocenters. The molecule has 0 bridgehead atoms. The lowest BCUT2D eigenvalue weighted by atomic mass is 10.1. The van der Waals surface area contributed by atoms with E-state index >= 15 is 0 Å². The molecule has 0 aromatic carbocycles. The van der Waals surface area contributed by atoms with Crippen LogP contribution < -0.4 is 0 Å². The van der Waals surface area contributed by atoms with Crippen LogP contribution in [0.4, 0.5) is 8.78 Å². The van der Waals surface area contributed by atoms with Gasteiger partial charge < -0.3 is 4.74 Å². The highest BCUT2D eigenvalue weighted by Gasteiger charge is 2.46. The van der Waals surface area contributed by atoms with Gasteiger partial charge in [-0.05, 0) is 6.92 Å². The van der Waals surface area contributed by atoms with Crippen LogP contribution in [-0.4, -0.2) is 22.6 Å². The molecule has 1 aliphatic rings. The Morgan fingerprint density at radius 3 is 2.50 bits per heavy atom. The van der Waals surface area contributed by atoms with Crippen LogP contribution in [0.2, 0.25) is 0 Å². The molecule has 0 amide bonds. The minimum absolute atomic E-state index is 0.114. The van der Waals surface area contributed by atoms with Crippen LogP contribution in [0.25, 0.3) is 0 Å².